The Labute approximate surface area is 239 Å². The van der Waals surface area contributed by atoms with Crippen LogP contribution in [0, 0.1) is 0 Å². The summed E-state index contributed by atoms with van der Waals surface area (Å²) >= 11 is 7.34. The van der Waals surface area contributed by atoms with Crippen molar-refractivity contribution in [3.8, 4) is 17.0 Å². The average molecular weight is 575 g/mol. The second kappa shape index (κ2) is 11.7. The van der Waals surface area contributed by atoms with Crippen molar-refractivity contribution >= 4 is 57.8 Å². The molecule has 2 heterocycles. The van der Waals surface area contributed by atoms with Gasteiger partial charge >= 0.3 is 0 Å². The number of carbonyl (C=O) groups is 4. The number of halogens is 1. The van der Waals surface area contributed by atoms with Gasteiger partial charge in [-0.25, -0.2) is 4.98 Å². The monoisotopic (exact) mass is 574 g/mol. The zero-order valence-corrected chi connectivity index (χ0v) is 22.9. The Kier molecular flexibility index (Phi) is 7.90. The molecule has 1 aromatic heterocycles. The smallest absolute Gasteiger partial charge is 0.299 e. The van der Waals surface area contributed by atoms with E-state index in [9.17, 15) is 19.2 Å². The summed E-state index contributed by atoms with van der Waals surface area (Å²) in [6, 6.07) is 20.5. The number of aromatic nitrogens is 1. The zero-order chi connectivity index (χ0) is 28.2. The highest BCUT2D eigenvalue weighted by molar-refractivity contribution is 7.09. The standard InChI is InChI=1S/C29H23ClN4O5S/c1-39-21-12-10-20(11-13-21)31-25(35)14-33(15-26-32-23(17-40-26)18-6-8-19(30)9-7-18)27(36)16-34-24-5-3-2-4-22(24)28(37)29(34)38/h2-13,17H,14-16H2,1H3,(H,31,35). The Morgan fingerprint density at radius 2 is 1.75 bits per heavy atom. The molecule has 0 unspecified atom stereocenters. The lowest BCUT2D eigenvalue weighted by molar-refractivity contribution is -0.134. The summed E-state index contributed by atoms with van der Waals surface area (Å²) < 4.78 is 5.15. The first-order chi connectivity index (χ1) is 19.3. The summed E-state index contributed by atoms with van der Waals surface area (Å²) in [5.41, 5.74) is 2.72. The average Bonchev–Trinajstić information content (AvgIpc) is 3.52. The van der Waals surface area contributed by atoms with Crippen molar-refractivity contribution in [3.63, 3.8) is 0 Å². The summed E-state index contributed by atoms with van der Waals surface area (Å²) in [6.45, 7) is -0.657. The minimum absolute atomic E-state index is 0.0325. The van der Waals surface area contributed by atoms with Crippen molar-refractivity contribution in [1.29, 1.82) is 0 Å². The molecule has 1 aliphatic heterocycles. The number of amides is 3. The maximum atomic E-state index is 13.5. The topological polar surface area (TPSA) is 109 Å². The second-order valence-corrected chi connectivity index (χ2v) is 10.3. The first-order valence-electron chi connectivity index (χ1n) is 12.2. The number of thiazole rings is 1. The Balaban J connectivity index is 1.36. The van der Waals surface area contributed by atoms with Crippen molar-refractivity contribution in [2.75, 3.05) is 30.4 Å². The Bertz CT molecular complexity index is 1590. The number of benzene rings is 3. The summed E-state index contributed by atoms with van der Waals surface area (Å²) in [5.74, 6) is -1.75. The number of methoxy groups -OCH3 is 1. The largest absolute Gasteiger partial charge is 0.497 e. The Hall–Kier alpha value is -4.54. The summed E-state index contributed by atoms with van der Waals surface area (Å²) in [6.07, 6.45) is 0. The summed E-state index contributed by atoms with van der Waals surface area (Å²) in [4.78, 5) is 58.7. The van der Waals surface area contributed by atoms with Gasteiger partial charge in [0.15, 0.2) is 0 Å². The van der Waals surface area contributed by atoms with Gasteiger partial charge in [0.1, 0.15) is 23.8 Å². The van der Waals surface area contributed by atoms with Crippen LogP contribution in [0.2, 0.25) is 5.02 Å². The van der Waals surface area contributed by atoms with Crippen LogP contribution in [0.15, 0.2) is 78.2 Å². The van der Waals surface area contributed by atoms with Crippen LogP contribution in [0.1, 0.15) is 15.4 Å². The van der Waals surface area contributed by atoms with Crippen LogP contribution in [0.5, 0.6) is 5.75 Å². The van der Waals surface area contributed by atoms with E-state index in [1.807, 2.05) is 17.5 Å². The molecule has 5 rings (SSSR count). The molecule has 4 aromatic rings. The molecule has 0 spiro atoms. The Morgan fingerprint density at radius 1 is 1.02 bits per heavy atom. The highest BCUT2D eigenvalue weighted by Crippen LogP contribution is 2.29. The highest BCUT2D eigenvalue weighted by atomic mass is 35.5. The fourth-order valence-electron chi connectivity index (χ4n) is 4.22. The molecule has 3 amide bonds. The third-order valence-electron chi connectivity index (χ3n) is 6.25. The molecule has 11 heteroatoms. The molecule has 9 nitrogen and oxygen atoms in total. The van der Waals surface area contributed by atoms with Gasteiger partial charge < -0.3 is 15.0 Å². The lowest BCUT2D eigenvalue weighted by atomic mass is 10.1. The molecule has 0 fully saturated rings. The van der Waals surface area contributed by atoms with E-state index in [0.717, 1.165) is 10.5 Å². The van der Waals surface area contributed by atoms with Gasteiger partial charge in [-0.15, -0.1) is 11.3 Å². The molecular formula is C29H23ClN4O5S. The van der Waals surface area contributed by atoms with Crippen LogP contribution in [0.3, 0.4) is 0 Å². The lowest BCUT2D eigenvalue weighted by Gasteiger charge is -2.24. The van der Waals surface area contributed by atoms with Crippen LogP contribution in [0.4, 0.5) is 11.4 Å². The van der Waals surface area contributed by atoms with Gasteiger partial charge in [0.2, 0.25) is 11.8 Å². The minimum atomic E-state index is -0.781. The maximum Gasteiger partial charge on any atom is 0.299 e. The van der Waals surface area contributed by atoms with E-state index in [-0.39, 0.29) is 18.7 Å². The van der Waals surface area contributed by atoms with E-state index in [1.54, 1.807) is 67.8 Å². The molecule has 1 aliphatic rings. The van der Waals surface area contributed by atoms with Crippen molar-refractivity contribution < 1.29 is 23.9 Å². The normalized spacial score (nSPS) is 12.3. The fraction of sp³-hybridized carbons (Fsp3) is 0.138. The number of nitrogens with zero attached hydrogens (tertiary/aromatic N) is 3. The van der Waals surface area contributed by atoms with Crippen molar-refractivity contribution in [3.05, 3.63) is 93.8 Å². The number of carbonyl (C=O) groups excluding carboxylic acids is 4. The van der Waals surface area contributed by atoms with Gasteiger partial charge in [0.25, 0.3) is 11.7 Å². The fourth-order valence-corrected chi connectivity index (χ4v) is 5.16. The Morgan fingerprint density at radius 3 is 2.48 bits per heavy atom. The molecule has 0 bridgehead atoms. The number of hydrogen-bond donors (Lipinski definition) is 1. The van der Waals surface area contributed by atoms with Crippen LogP contribution in [-0.2, 0) is 20.9 Å². The number of Topliss-reactive ketones (excluding diaryl/α,β-unsaturated/α-hetero) is 1. The molecule has 3 aromatic carbocycles. The van der Waals surface area contributed by atoms with Crippen LogP contribution >= 0.6 is 22.9 Å². The first kappa shape index (κ1) is 27.0. The van der Waals surface area contributed by atoms with Gasteiger partial charge in [0, 0.05) is 21.7 Å². The van der Waals surface area contributed by atoms with Gasteiger partial charge in [-0.3, -0.25) is 24.1 Å². The molecule has 202 valence electrons. The molecule has 0 atom stereocenters. The van der Waals surface area contributed by atoms with E-state index < -0.39 is 30.0 Å². The lowest BCUT2D eigenvalue weighted by Crippen LogP contribution is -2.45. The summed E-state index contributed by atoms with van der Waals surface area (Å²) in [5, 5.41) is 5.84. The van der Waals surface area contributed by atoms with Crippen LogP contribution in [-0.4, -0.2) is 53.6 Å². The van der Waals surface area contributed by atoms with E-state index in [1.165, 1.54) is 16.2 Å². The van der Waals surface area contributed by atoms with Crippen molar-refractivity contribution in [1.82, 2.24) is 9.88 Å². The maximum absolute atomic E-state index is 13.5. The summed E-state index contributed by atoms with van der Waals surface area (Å²) in [7, 11) is 1.55. The SMILES string of the molecule is COc1ccc(NC(=O)CN(Cc2nc(-c3ccc(Cl)cc3)cs2)C(=O)CN2C(=O)C(=O)c3ccccc32)cc1. The van der Waals surface area contributed by atoms with Gasteiger partial charge in [-0.1, -0.05) is 35.9 Å². The first-order valence-corrected chi connectivity index (χ1v) is 13.5. The van der Waals surface area contributed by atoms with Crippen molar-refractivity contribution in [2.24, 2.45) is 0 Å². The van der Waals surface area contributed by atoms with Crippen LogP contribution in [0.25, 0.3) is 11.3 Å². The molecule has 0 saturated carbocycles. The molecule has 0 aliphatic carbocycles. The van der Waals surface area contributed by atoms with E-state index in [4.69, 9.17) is 16.3 Å². The molecule has 40 heavy (non-hydrogen) atoms. The number of rotatable bonds is 9. The zero-order valence-electron chi connectivity index (χ0n) is 21.3. The number of ether oxygens (including phenoxy) is 1. The number of nitrogens with one attached hydrogen (secondary N) is 1. The number of anilines is 2. The highest BCUT2D eigenvalue weighted by Gasteiger charge is 2.37. The van der Waals surface area contributed by atoms with Gasteiger partial charge in [-0.05, 0) is 48.5 Å². The van der Waals surface area contributed by atoms with E-state index in [2.05, 4.69) is 10.3 Å². The predicted molar refractivity (Wildman–Crippen MR) is 153 cm³/mol. The van der Waals surface area contributed by atoms with E-state index >= 15 is 0 Å². The van der Waals surface area contributed by atoms with Crippen molar-refractivity contribution in [2.45, 2.75) is 6.54 Å². The molecular weight excluding hydrogens is 552 g/mol. The number of ketones is 1. The minimum Gasteiger partial charge on any atom is -0.497 e. The van der Waals surface area contributed by atoms with Gasteiger partial charge in [-0.2, -0.15) is 0 Å². The van der Waals surface area contributed by atoms with Crippen LogP contribution < -0.4 is 15.0 Å². The molecule has 0 radical (unpaired) electrons. The number of fused-ring (bicyclic) bond motifs is 1. The number of para-hydroxylation sites is 1. The quantitative estimate of drug-likeness (QED) is 0.291. The van der Waals surface area contributed by atoms with Gasteiger partial charge in [0.05, 0.1) is 30.6 Å². The predicted octanol–water partition coefficient (Wildman–Crippen LogP) is 4.67. The third-order valence-corrected chi connectivity index (χ3v) is 7.34. The number of hydrogen-bond acceptors (Lipinski definition) is 7. The molecule has 0 saturated heterocycles. The second-order valence-electron chi connectivity index (χ2n) is 8.90. The third kappa shape index (κ3) is 5.88. The van der Waals surface area contributed by atoms with E-state index in [0.29, 0.717) is 32.8 Å². The molecule has 1 N–H and O–H groups in total.